The number of anilines is 1. The van der Waals surface area contributed by atoms with Gasteiger partial charge in [0, 0.05) is 16.6 Å². The first kappa shape index (κ1) is 22.3. The van der Waals surface area contributed by atoms with Gasteiger partial charge in [0.15, 0.2) is 0 Å². The standard InChI is InChI=1S/C26H21F3N2O2/c1-15-11-16(2)24-21(12-15)22(14-23(31-24)17-7-9-20(33-3)10-8-17)25(32)30-19-6-4-5-18(13-19)26(27,28)29/h4-14H,1-3H3,(H,30,32). The van der Waals surface area contributed by atoms with Crippen LogP contribution >= 0.6 is 0 Å². The van der Waals surface area contributed by atoms with Crippen molar-refractivity contribution in [3.8, 4) is 17.0 Å². The Bertz CT molecular complexity index is 1350. The van der Waals surface area contributed by atoms with Crippen LogP contribution in [0, 0.1) is 13.8 Å². The molecule has 7 heteroatoms. The number of carbonyl (C=O) groups is 1. The van der Waals surface area contributed by atoms with Crippen molar-refractivity contribution in [1.82, 2.24) is 4.98 Å². The number of pyridine rings is 1. The van der Waals surface area contributed by atoms with Crippen LogP contribution in [0.5, 0.6) is 5.75 Å². The summed E-state index contributed by atoms with van der Waals surface area (Å²) < 4.78 is 44.5. The molecule has 0 aliphatic rings. The SMILES string of the molecule is COc1ccc(-c2cc(C(=O)Nc3cccc(C(F)(F)F)c3)c3cc(C)cc(C)c3n2)cc1. The molecule has 0 radical (unpaired) electrons. The lowest BCUT2D eigenvalue weighted by Gasteiger charge is -2.14. The molecular weight excluding hydrogens is 429 g/mol. The highest BCUT2D eigenvalue weighted by molar-refractivity contribution is 6.13. The highest BCUT2D eigenvalue weighted by Gasteiger charge is 2.30. The van der Waals surface area contributed by atoms with Gasteiger partial charge in [0.25, 0.3) is 5.91 Å². The van der Waals surface area contributed by atoms with E-state index in [1.54, 1.807) is 25.3 Å². The lowest BCUT2D eigenvalue weighted by atomic mass is 9.99. The van der Waals surface area contributed by atoms with Gasteiger partial charge in [0.05, 0.1) is 29.4 Å². The number of halogens is 3. The number of nitrogens with one attached hydrogen (secondary N) is 1. The molecule has 0 aliphatic carbocycles. The number of hydrogen-bond acceptors (Lipinski definition) is 3. The number of amides is 1. The molecule has 0 unspecified atom stereocenters. The van der Waals surface area contributed by atoms with Crippen molar-refractivity contribution in [2.75, 3.05) is 12.4 Å². The molecule has 0 spiro atoms. The number of ether oxygens (including phenoxy) is 1. The zero-order chi connectivity index (χ0) is 23.8. The number of hydrogen-bond donors (Lipinski definition) is 1. The van der Waals surface area contributed by atoms with E-state index in [0.717, 1.165) is 28.8 Å². The number of aromatic nitrogens is 1. The van der Waals surface area contributed by atoms with Crippen molar-refractivity contribution < 1.29 is 22.7 Å². The fourth-order valence-electron chi connectivity index (χ4n) is 3.75. The molecule has 0 saturated heterocycles. The van der Waals surface area contributed by atoms with E-state index in [2.05, 4.69) is 5.32 Å². The Hall–Kier alpha value is -3.87. The third kappa shape index (κ3) is 4.67. The molecule has 1 N–H and O–H groups in total. The molecule has 0 aliphatic heterocycles. The third-order valence-electron chi connectivity index (χ3n) is 5.33. The number of alkyl halides is 3. The van der Waals surface area contributed by atoms with Gasteiger partial charge in [-0.2, -0.15) is 13.2 Å². The van der Waals surface area contributed by atoms with Gasteiger partial charge < -0.3 is 10.1 Å². The fourth-order valence-corrected chi connectivity index (χ4v) is 3.75. The molecule has 0 fully saturated rings. The Morgan fingerprint density at radius 3 is 2.36 bits per heavy atom. The van der Waals surface area contributed by atoms with Crippen molar-refractivity contribution >= 4 is 22.5 Å². The largest absolute Gasteiger partial charge is 0.497 e. The Kier molecular flexibility index (Phi) is 5.80. The monoisotopic (exact) mass is 450 g/mol. The molecular formula is C26H21F3N2O2. The van der Waals surface area contributed by atoms with Crippen molar-refractivity contribution in [2.45, 2.75) is 20.0 Å². The molecule has 0 bridgehead atoms. The lowest BCUT2D eigenvalue weighted by molar-refractivity contribution is -0.137. The molecule has 3 aromatic carbocycles. The predicted octanol–water partition coefficient (Wildman–Crippen LogP) is 6.80. The normalized spacial score (nSPS) is 11.5. The zero-order valence-electron chi connectivity index (χ0n) is 18.2. The Morgan fingerprint density at radius 1 is 0.970 bits per heavy atom. The van der Waals surface area contributed by atoms with Gasteiger partial charge in [-0.1, -0.05) is 17.7 Å². The van der Waals surface area contributed by atoms with Crippen molar-refractivity contribution in [1.29, 1.82) is 0 Å². The molecule has 1 aromatic heterocycles. The molecule has 4 aromatic rings. The van der Waals surface area contributed by atoms with Crippen LogP contribution < -0.4 is 10.1 Å². The van der Waals surface area contributed by atoms with E-state index >= 15 is 0 Å². The smallest absolute Gasteiger partial charge is 0.416 e. The summed E-state index contributed by atoms with van der Waals surface area (Å²) in [6.45, 7) is 3.83. The van der Waals surface area contributed by atoms with E-state index in [0.29, 0.717) is 27.9 Å². The van der Waals surface area contributed by atoms with Gasteiger partial charge in [-0.25, -0.2) is 4.98 Å². The van der Waals surface area contributed by atoms with Crippen LogP contribution in [0.15, 0.2) is 66.7 Å². The number of benzene rings is 3. The zero-order valence-corrected chi connectivity index (χ0v) is 18.2. The molecule has 4 nitrogen and oxygen atoms in total. The van der Waals surface area contributed by atoms with Gasteiger partial charge in [-0.3, -0.25) is 4.79 Å². The van der Waals surface area contributed by atoms with Crippen molar-refractivity contribution in [2.24, 2.45) is 0 Å². The van der Waals surface area contributed by atoms with Crippen LogP contribution in [0.1, 0.15) is 27.0 Å². The number of carbonyl (C=O) groups excluding carboxylic acids is 1. The van der Waals surface area contributed by atoms with E-state index in [-0.39, 0.29) is 5.69 Å². The molecule has 4 rings (SSSR count). The van der Waals surface area contributed by atoms with E-state index in [1.165, 1.54) is 12.1 Å². The Balaban J connectivity index is 1.82. The second-order valence-corrected chi connectivity index (χ2v) is 7.79. The van der Waals surface area contributed by atoms with Crippen LogP contribution in [-0.4, -0.2) is 18.0 Å². The van der Waals surface area contributed by atoms with Crippen LogP contribution in [0.3, 0.4) is 0 Å². The fraction of sp³-hybridized carbons (Fsp3) is 0.154. The first-order valence-electron chi connectivity index (χ1n) is 10.2. The number of fused-ring (bicyclic) bond motifs is 1. The average Bonchev–Trinajstić information content (AvgIpc) is 2.78. The first-order chi connectivity index (χ1) is 15.7. The molecule has 168 valence electrons. The van der Waals surface area contributed by atoms with Crippen molar-refractivity contribution in [3.63, 3.8) is 0 Å². The Morgan fingerprint density at radius 2 is 1.70 bits per heavy atom. The summed E-state index contributed by atoms with van der Waals surface area (Å²) in [6.07, 6.45) is -4.50. The van der Waals surface area contributed by atoms with Gasteiger partial charge in [-0.15, -0.1) is 0 Å². The lowest BCUT2D eigenvalue weighted by Crippen LogP contribution is -2.14. The number of aryl methyl sites for hydroxylation is 2. The first-order valence-corrected chi connectivity index (χ1v) is 10.2. The quantitative estimate of drug-likeness (QED) is 0.372. The minimum atomic E-state index is -4.50. The highest BCUT2D eigenvalue weighted by atomic mass is 19.4. The summed E-state index contributed by atoms with van der Waals surface area (Å²) in [5, 5.41) is 3.25. The van der Waals surface area contributed by atoms with Gasteiger partial charge in [0.1, 0.15) is 5.75 Å². The van der Waals surface area contributed by atoms with E-state index in [4.69, 9.17) is 9.72 Å². The molecule has 1 heterocycles. The Labute approximate surface area is 189 Å². The van der Waals surface area contributed by atoms with Gasteiger partial charge >= 0.3 is 6.18 Å². The van der Waals surface area contributed by atoms with Gasteiger partial charge in [-0.05, 0) is 74.0 Å². The molecule has 33 heavy (non-hydrogen) atoms. The number of rotatable bonds is 4. The summed E-state index contributed by atoms with van der Waals surface area (Å²) in [5.74, 6) is 0.176. The topological polar surface area (TPSA) is 51.2 Å². The minimum Gasteiger partial charge on any atom is -0.497 e. The van der Waals surface area contributed by atoms with Crippen LogP contribution in [0.25, 0.3) is 22.2 Å². The third-order valence-corrected chi connectivity index (χ3v) is 5.33. The summed E-state index contributed by atoms with van der Waals surface area (Å²) in [4.78, 5) is 18.0. The minimum absolute atomic E-state index is 0.0650. The highest BCUT2D eigenvalue weighted by Crippen LogP contribution is 2.32. The second kappa shape index (κ2) is 8.58. The van der Waals surface area contributed by atoms with E-state index in [1.807, 2.05) is 38.1 Å². The van der Waals surface area contributed by atoms with E-state index in [9.17, 15) is 18.0 Å². The maximum atomic E-state index is 13.3. The maximum Gasteiger partial charge on any atom is 0.416 e. The van der Waals surface area contributed by atoms with E-state index < -0.39 is 17.6 Å². The summed E-state index contributed by atoms with van der Waals surface area (Å²) >= 11 is 0. The summed E-state index contributed by atoms with van der Waals surface area (Å²) in [7, 11) is 1.57. The second-order valence-electron chi connectivity index (χ2n) is 7.79. The maximum absolute atomic E-state index is 13.3. The van der Waals surface area contributed by atoms with Crippen LogP contribution in [-0.2, 0) is 6.18 Å². The summed E-state index contributed by atoms with van der Waals surface area (Å²) in [5.41, 5.74) is 3.43. The number of methoxy groups -OCH3 is 1. The predicted molar refractivity (Wildman–Crippen MR) is 123 cm³/mol. The number of nitrogens with zero attached hydrogens (tertiary/aromatic N) is 1. The molecule has 0 atom stereocenters. The van der Waals surface area contributed by atoms with Crippen LogP contribution in [0.2, 0.25) is 0 Å². The van der Waals surface area contributed by atoms with Crippen molar-refractivity contribution in [3.05, 3.63) is 89.0 Å². The average molecular weight is 450 g/mol. The van der Waals surface area contributed by atoms with Crippen LogP contribution in [0.4, 0.5) is 18.9 Å². The molecule has 1 amide bonds. The van der Waals surface area contributed by atoms with Gasteiger partial charge in [0.2, 0.25) is 0 Å². The summed E-state index contributed by atoms with van der Waals surface area (Å²) in [6, 6.07) is 17.3. The molecule has 0 saturated carbocycles.